The maximum atomic E-state index is 5.77. The molecule has 17 heavy (non-hydrogen) atoms. The first-order valence-electron chi connectivity index (χ1n) is 5.86. The van der Waals surface area contributed by atoms with E-state index in [9.17, 15) is 0 Å². The molecule has 1 aromatic rings. The third-order valence-corrected chi connectivity index (χ3v) is 4.01. The van der Waals surface area contributed by atoms with Crippen LogP contribution in [0.4, 0.5) is 0 Å². The summed E-state index contributed by atoms with van der Waals surface area (Å²) in [5.74, 6) is 5.63. The molecule has 2 rings (SSSR count). The van der Waals surface area contributed by atoms with Gasteiger partial charge in [-0.25, -0.2) is 4.98 Å². The largest absolute Gasteiger partial charge is 0.374 e. The van der Waals surface area contributed by atoms with Gasteiger partial charge in [0.15, 0.2) is 0 Å². The summed E-state index contributed by atoms with van der Waals surface area (Å²) in [7, 11) is 2.11. The molecule has 0 spiro atoms. The molecule has 1 aliphatic rings. The second kappa shape index (κ2) is 5.88. The second-order valence-corrected chi connectivity index (χ2v) is 5.47. The van der Waals surface area contributed by atoms with E-state index in [0.717, 1.165) is 36.8 Å². The van der Waals surface area contributed by atoms with E-state index in [2.05, 4.69) is 27.7 Å². The Morgan fingerprint density at radius 1 is 1.76 bits per heavy atom. The highest BCUT2D eigenvalue weighted by Gasteiger charge is 2.26. The zero-order valence-corrected chi connectivity index (χ0v) is 11.2. The summed E-state index contributed by atoms with van der Waals surface area (Å²) < 4.78 is 5.77. The number of nitrogens with two attached hydrogens (primary N) is 1. The smallest absolute Gasteiger partial charge is 0.0945 e. The number of rotatable bonds is 4. The van der Waals surface area contributed by atoms with E-state index in [0.29, 0.717) is 0 Å². The topological polar surface area (TPSA) is 63.4 Å². The van der Waals surface area contributed by atoms with Crippen LogP contribution in [-0.2, 0) is 11.2 Å². The molecule has 0 bridgehead atoms. The molecule has 2 heterocycles. The van der Waals surface area contributed by atoms with Gasteiger partial charge < -0.3 is 9.64 Å². The van der Waals surface area contributed by atoms with Gasteiger partial charge in [-0.15, -0.1) is 11.3 Å². The molecule has 0 amide bonds. The van der Waals surface area contributed by atoms with E-state index >= 15 is 0 Å². The van der Waals surface area contributed by atoms with Crippen molar-refractivity contribution in [2.75, 3.05) is 26.7 Å². The Kier molecular flexibility index (Phi) is 4.47. The first-order valence-corrected chi connectivity index (χ1v) is 6.74. The van der Waals surface area contributed by atoms with Crippen LogP contribution in [0.25, 0.3) is 0 Å². The molecule has 2 unspecified atom stereocenters. The number of likely N-dealkylation sites (N-methyl/N-ethyl adjacent to an activating group) is 1. The number of aromatic nitrogens is 1. The number of nitrogens with one attached hydrogen (secondary N) is 1. The van der Waals surface area contributed by atoms with Gasteiger partial charge >= 0.3 is 0 Å². The molecular weight excluding hydrogens is 236 g/mol. The van der Waals surface area contributed by atoms with Crippen molar-refractivity contribution in [3.8, 4) is 0 Å². The van der Waals surface area contributed by atoms with E-state index < -0.39 is 0 Å². The van der Waals surface area contributed by atoms with Crippen LogP contribution in [0.1, 0.15) is 10.7 Å². The van der Waals surface area contributed by atoms with Gasteiger partial charge in [0.05, 0.1) is 23.8 Å². The first kappa shape index (κ1) is 12.9. The average molecular weight is 256 g/mol. The van der Waals surface area contributed by atoms with Crippen molar-refractivity contribution in [2.45, 2.75) is 25.5 Å². The van der Waals surface area contributed by atoms with Crippen LogP contribution in [0.3, 0.4) is 0 Å². The maximum absolute atomic E-state index is 5.77. The van der Waals surface area contributed by atoms with Crippen molar-refractivity contribution < 1.29 is 4.74 Å². The van der Waals surface area contributed by atoms with Crippen LogP contribution in [0.5, 0.6) is 0 Å². The second-order valence-electron chi connectivity index (χ2n) is 4.53. The molecule has 1 fully saturated rings. The quantitative estimate of drug-likeness (QED) is 0.593. The van der Waals surface area contributed by atoms with E-state index in [4.69, 9.17) is 10.6 Å². The van der Waals surface area contributed by atoms with Crippen LogP contribution >= 0.6 is 11.3 Å². The molecule has 1 aliphatic heterocycles. The summed E-state index contributed by atoms with van der Waals surface area (Å²) in [6.45, 7) is 4.69. The Morgan fingerprint density at radius 3 is 3.18 bits per heavy atom. The zero-order valence-electron chi connectivity index (χ0n) is 10.3. The van der Waals surface area contributed by atoms with Crippen molar-refractivity contribution >= 4 is 11.3 Å². The fraction of sp³-hybridized carbons (Fsp3) is 0.727. The summed E-state index contributed by atoms with van der Waals surface area (Å²) in [6.07, 6.45) is 0.969. The molecule has 2 atom stereocenters. The third-order valence-electron chi connectivity index (χ3n) is 3.02. The number of hydrazine groups is 1. The molecule has 96 valence electrons. The molecule has 6 heteroatoms. The predicted molar refractivity (Wildman–Crippen MR) is 68.9 cm³/mol. The average Bonchev–Trinajstić information content (AvgIpc) is 2.72. The Balaban J connectivity index is 1.95. The van der Waals surface area contributed by atoms with Crippen molar-refractivity contribution in [1.29, 1.82) is 0 Å². The minimum absolute atomic E-state index is 0.128. The number of morpholine rings is 1. The molecule has 5 nitrogen and oxygen atoms in total. The lowest BCUT2D eigenvalue weighted by Crippen LogP contribution is -2.54. The molecular formula is C11H20N4OS. The Labute approximate surface area is 106 Å². The number of thiazole rings is 1. The fourth-order valence-corrected chi connectivity index (χ4v) is 2.87. The molecule has 0 radical (unpaired) electrons. The van der Waals surface area contributed by atoms with Crippen molar-refractivity contribution in [2.24, 2.45) is 5.84 Å². The minimum atomic E-state index is 0.128. The summed E-state index contributed by atoms with van der Waals surface area (Å²) in [4.78, 5) is 6.74. The Bertz CT molecular complexity index is 357. The third kappa shape index (κ3) is 3.46. The summed E-state index contributed by atoms with van der Waals surface area (Å²) in [5.41, 5.74) is 3.94. The van der Waals surface area contributed by atoms with Gasteiger partial charge in [-0.1, -0.05) is 0 Å². The van der Waals surface area contributed by atoms with Crippen LogP contribution in [-0.4, -0.2) is 48.8 Å². The number of nitrogens with zero attached hydrogens (tertiary/aromatic N) is 2. The number of hydrogen-bond donors (Lipinski definition) is 2. The summed E-state index contributed by atoms with van der Waals surface area (Å²) in [6, 6.07) is 0.128. The lowest BCUT2D eigenvalue weighted by Gasteiger charge is -2.34. The summed E-state index contributed by atoms with van der Waals surface area (Å²) in [5, 5.41) is 3.18. The Hall–Kier alpha value is -0.530. The highest BCUT2D eigenvalue weighted by Crippen LogP contribution is 2.15. The van der Waals surface area contributed by atoms with Gasteiger partial charge in [-0.3, -0.25) is 11.3 Å². The lowest BCUT2D eigenvalue weighted by atomic mass is 10.1. The van der Waals surface area contributed by atoms with Gasteiger partial charge in [0.2, 0.25) is 0 Å². The van der Waals surface area contributed by atoms with Gasteiger partial charge in [0.1, 0.15) is 0 Å². The number of aryl methyl sites for hydroxylation is 1. The van der Waals surface area contributed by atoms with Gasteiger partial charge in [-0.2, -0.15) is 0 Å². The normalized spacial score (nSPS) is 23.8. The zero-order chi connectivity index (χ0) is 12.3. The van der Waals surface area contributed by atoms with Crippen LogP contribution < -0.4 is 11.3 Å². The van der Waals surface area contributed by atoms with Crippen molar-refractivity contribution in [3.05, 3.63) is 16.1 Å². The molecule has 0 saturated carbocycles. The Morgan fingerprint density at radius 2 is 2.59 bits per heavy atom. The SMILES string of the molecule is Cc1csc(CC(NN)C2CN(C)CCO2)n1. The predicted octanol–water partition coefficient (Wildman–Crippen LogP) is 0.157. The standard InChI is InChI=1S/C11H20N4OS/c1-8-7-17-11(13-8)5-9(14-12)10-6-15(2)3-4-16-10/h7,9-10,14H,3-6,12H2,1-2H3. The molecule has 0 aliphatic carbocycles. The van der Waals surface area contributed by atoms with Gasteiger partial charge in [-0.05, 0) is 14.0 Å². The van der Waals surface area contributed by atoms with Crippen LogP contribution in [0, 0.1) is 6.92 Å². The minimum Gasteiger partial charge on any atom is -0.374 e. The number of hydrogen-bond acceptors (Lipinski definition) is 6. The highest BCUT2D eigenvalue weighted by atomic mass is 32.1. The van der Waals surface area contributed by atoms with E-state index in [-0.39, 0.29) is 12.1 Å². The molecule has 3 N–H and O–H groups in total. The molecule has 1 saturated heterocycles. The van der Waals surface area contributed by atoms with Gasteiger partial charge in [0, 0.05) is 30.6 Å². The molecule has 0 aromatic carbocycles. The lowest BCUT2D eigenvalue weighted by molar-refractivity contribution is -0.0384. The van der Waals surface area contributed by atoms with E-state index in [1.165, 1.54) is 0 Å². The molecule has 1 aromatic heterocycles. The summed E-state index contributed by atoms with van der Waals surface area (Å²) >= 11 is 1.68. The van der Waals surface area contributed by atoms with Gasteiger partial charge in [0.25, 0.3) is 0 Å². The van der Waals surface area contributed by atoms with E-state index in [1.807, 2.05) is 6.92 Å². The maximum Gasteiger partial charge on any atom is 0.0945 e. The van der Waals surface area contributed by atoms with Crippen LogP contribution in [0.15, 0.2) is 5.38 Å². The van der Waals surface area contributed by atoms with E-state index in [1.54, 1.807) is 11.3 Å². The van der Waals surface area contributed by atoms with Crippen molar-refractivity contribution in [1.82, 2.24) is 15.3 Å². The number of ether oxygens (including phenoxy) is 1. The van der Waals surface area contributed by atoms with Crippen molar-refractivity contribution in [3.63, 3.8) is 0 Å². The fourth-order valence-electron chi connectivity index (χ4n) is 2.04. The van der Waals surface area contributed by atoms with Crippen LogP contribution in [0.2, 0.25) is 0 Å². The highest BCUT2D eigenvalue weighted by molar-refractivity contribution is 7.09. The first-order chi connectivity index (χ1) is 8.19. The monoisotopic (exact) mass is 256 g/mol.